The normalized spacial score (nSPS) is 17.4. The molecule has 0 spiro atoms. The first-order chi connectivity index (χ1) is 8.30. The first kappa shape index (κ1) is 15.7. The maximum absolute atomic E-state index is 7.54. The third kappa shape index (κ3) is 3.14. The zero-order chi connectivity index (χ0) is 12.3. The molecule has 1 radical (unpaired) electrons. The Hall–Kier alpha value is -0.376. The van der Waals surface area contributed by atoms with Gasteiger partial charge in [0.1, 0.15) is 11.5 Å². The van der Waals surface area contributed by atoms with Gasteiger partial charge in [-0.1, -0.05) is 12.2 Å². The van der Waals surface area contributed by atoms with Crippen LogP contribution in [0.4, 0.5) is 0 Å². The fourth-order valence-electron chi connectivity index (χ4n) is 2.30. The Balaban J connectivity index is 0.00000162. The van der Waals surface area contributed by atoms with E-state index in [1.165, 1.54) is 5.56 Å². The molecule has 4 heteroatoms. The molecule has 1 aliphatic rings. The minimum atomic E-state index is 0. The van der Waals surface area contributed by atoms with Crippen LogP contribution in [0.5, 0.6) is 11.5 Å². The summed E-state index contributed by atoms with van der Waals surface area (Å²) in [6.07, 6.45) is 6.72. The summed E-state index contributed by atoms with van der Waals surface area (Å²) in [6, 6.07) is 4.07. The number of methoxy groups -OCH3 is 2. The van der Waals surface area contributed by atoms with Crippen LogP contribution in [0.3, 0.4) is 0 Å². The van der Waals surface area contributed by atoms with Crippen molar-refractivity contribution < 1.29 is 42.2 Å². The number of ether oxygens (including phenoxy) is 2. The second-order valence-corrected chi connectivity index (χ2v) is 4.19. The van der Waals surface area contributed by atoms with E-state index in [0.717, 1.165) is 29.9 Å². The van der Waals surface area contributed by atoms with E-state index in [0.29, 0.717) is 5.92 Å². The average Bonchev–Trinajstić information content (AvgIpc) is 2.90. The maximum atomic E-state index is 7.54. The van der Waals surface area contributed by atoms with Gasteiger partial charge in [-0.2, -0.15) is 0 Å². The van der Waals surface area contributed by atoms with Gasteiger partial charge in [0.05, 0.1) is 14.2 Å². The van der Waals surface area contributed by atoms with Crippen LogP contribution in [-0.4, -0.2) is 14.2 Å². The van der Waals surface area contributed by atoms with Gasteiger partial charge in [0.2, 0.25) is 0 Å². The summed E-state index contributed by atoms with van der Waals surface area (Å²) in [5, 5.41) is 0. The van der Waals surface area contributed by atoms with E-state index in [2.05, 4.69) is 12.2 Å². The number of hydrogen-bond acceptors (Lipinski definition) is 2. The van der Waals surface area contributed by atoms with Crippen LogP contribution in [0, 0.1) is 0 Å². The predicted molar refractivity (Wildman–Crippen MR) is 68.7 cm³/mol. The molecule has 0 unspecified atom stereocenters. The van der Waals surface area contributed by atoms with Crippen molar-refractivity contribution in [3.63, 3.8) is 0 Å². The Labute approximate surface area is 134 Å². The second-order valence-electron chi connectivity index (χ2n) is 4.19. The second kappa shape index (κ2) is 7.27. The molecule has 1 aromatic rings. The Kier molecular flexibility index (Phi) is 6.33. The number of nitrogens with one attached hydrogen (secondary N) is 1. The minimum absolute atomic E-state index is 0. The van der Waals surface area contributed by atoms with Crippen molar-refractivity contribution in [1.82, 2.24) is 0 Å². The summed E-state index contributed by atoms with van der Waals surface area (Å²) in [5.74, 6) is 1.97. The molecule has 0 bridgehead atoms. The molecule has 0 heterocycles. The molecule has 1 N–H and O–H groups in total. The van der Waals surface area contributed by atoms with Gasteiger partial charge in [0, 0.05) is 44.2 Å². The molecular formula is C14H18NO2Y-. The summed E-state index contributed by atoms with van der Waals surface area (Å²) >= 11 is 0. The van der Waals surface area contributed by atoms with E-state index in [-0.39, 0.29) is 39.3 Å². The smallest absolute Gasteiger partial charge is 0.124 e. The maximum Gasteiger partial charge on any atom is 0.124 e. The molecule has 0 amide bonds. The van der Waals surface area contributed by atoms with Crippen LogP contribution in [0.15, 0.2) is 24.3 Å². The molecule has 1 atom stereocenters. The predicted octanol–water partition coefficient (Wildman–Crippen LogP) is 3.69. The SMILES string of the molecule is COc1cc([C@H]2C=CCC2)cc(OC)c1C[NH-].[Y]. The van der Waals surface area contributed by atoms with Crippen LogP contribution in [0.2, 0.25) is 0 Å². The number of benzene rings is 1. The van der Waals surface area contributed by atoms with E-state index in [9.17, 15) is 0 Å². The van der Waals surface area contributed by atoms with Gasteiger partial charge >= 0.3 is 0 Å². The van der Waals surface area contributed by atoms with Gasteiger partial charge in [0.15, 0.2) is 0 Å². The van der Waals surface area contributed by atoms with E-state index >= 15 is 0 Å². The number of rotatable bonds is 4. The molecule has 0 aromatic heterocycles. The number of allylic oxidation sites excluding steroid dienone is 2. The number of hydrogen-bond donors (Lipinski definition) is 0. The van der Waals surface area contributed by atoms with E-state index in [1.807, 2.05) is 12.1 Å². The average molecular weight is 321 g/mol. The minimum Gasteiger partial charge on any atom is -0.673 e. The van der Waals surface area contributed by atoms with E-state index < -0.39 is 0 Å². The van der Waals surface area contributed by atoms with Gasteiger partial charge in [-0.15, -0.1) is 6.54 Å². The zero-order valence-corrected chi connectivity index (χ0v) is 13.7. The van der Waals surface area contributed by atoms with Crippen molar-refractivity contribution in [1.29, 1.82) is 0 Å². The Morgan fingerprint density at radius 1 is 1.22 bits per heavy atom. The topological polar surface area (TPSA) is 42.3 Å². The van der Waals surface area contributed by atoms with Gasteiger partial charge < -0.3 is 15.2 Å². The molecule has 95 valence electrons. The molecule has 3 nitrogen and oxygen atoms in total. The van der Waals surface area contributed by atoms with Gasteiger partial charge in [-0.3, -0.25) is 0 Å². The van der Waals surface area contributed by atoms with Crippen LogP contribution in [-0.2, 0) is 39.3 Å². The quantitative estimate of drug-likeness (QED) is 0.794. The van der Waals surface area contributed by atoms with Crippen molar-refractivity contribution in [2.24, 2.45) is 0 Å². The Bertz CT molecular complexity index is 407. The third-order valence-corrected chi connectivity index (χ3v) is 3.25. The Morgan fingerprint density at radius 2 is 1.83 bits per heavy atom. The largest absolute Gasteiger partial charge is 0.673 e. The molecule has 18 heavy (non-hydrogen) atoms. The van der Waals surface area contributed by atoms with Gasteiger partial charge in [-0.05, 0) is 30.5 Å². The summed E-state index contributed by atoms with van der Waals surface area (Å²) < 4.78 is 10.7. The zero-order valence-electron chi connectivity index (χ0n) is 10.9. The fraction of sp³-hybridized carbons (Fsp3) is 0.429. The first-order valence-electron chi connectivity index (χ1n) is 5.86. The molecule has 0 saturated heterocycles. The van der Waals surface area contributed by atoms with Gasteiger partial charge in [0.25, 0.3) is 0 Å². The summed E-state index contributed by atoms with van der Waals surface area (Å²) in [5.41, 5.74) is 9.57. The molecule has 0 fully saturated rings. The molecule has 2 rings (SSSR count). The van der Waals surface area contributed by atoms with Crippen LogP contribution in [0.1, 0.15) is 29.9 Å². The van der Waals surface area contributed by atoms with Gasteiger partial charge in [-0.25, -0.2) is 0 Å². The van der Waals surface area contributed by atoms with Crippen molar-refractivity contribution in [3.8, 4) is 11.5 Å². The summed E-state index contributed by atoms with van der Waals surface area (Å²) in [6.45, 7) is 0.174. The van der Waals surface area contributed by atoms with E-state index in [1.54, 1.807) is 14.2 Å². The monoisotopic (exact) mass is 321 g/mol. The third-order valence-electron chi connectivity index (χ3n) is 3.25. The van der Waals surface area contributed by atoms with E-state index in [4.69, 9.17) is 15.2 Å². The molecule has 1 aromatic carbocycles. The Morgan fingerprint density at radius 3 is 2.22 bits per heavy atom. The van der Waals surface area contributed by atoms with Crippen molar-refractivity contribution in [2.75, 3.05) is 14.2 Å². The van der Waals surface area contributed by atoms with Crippen LogP contribution < -0.4 is 9.47 Å². The van der Waals surface area contributed by atoms with Crippen molar-refractivity contribution in [2.45, 2.75) is 25.3 Å². The standard InChI is InChI=1S/C14H18NO2.Y/c1-16-13-7-11(10-5-3-4-6-10)8-14(17-2)12(13)9-15;/h3,5,7-8,10,15H,4,6,9H2,1-2H3;/q-1;/t10-;/m0./s1. The molecule has 0 saturated carbocycles. The molecule has 1 aliphatic carbocycles. The molecular weight excluding hydrogens is 303 g/mol. The molecule has 0 aliphatic heterocycles. The van der Waals surface area contributed by atoms with Crippen LogP contribution >= 0.6 is 0 Å². The first-order valence-corrected chi connectivity index (χ1v) is 5.86. The fourth-order valence-corrected chi connectivity index (χ4v) is 2.30. The van der Waals surface area contributed by atoms with Crippen molar-refractivity contribution in [3.05, 3.63) is 41.1 Å². The van der Waals surface area contributed by atoms with Crippen molar-refractivity contribution >= 4 is 0 Å². The van der Waals surface area contributed by atoms with Crippen LogP contribution in [0.25, 0.3) is 5.73 Å². The summed E-state index contributed by atoms with van der Waals surface area (Å²) in [7, 11) is 3.28. The summed E-state index contributed by atoms with van der Waals surface area (Å²) in [4.78, 5) is 0.